The first kappa shape index (κ1) is 22.5. The summed E-state index contributed by atoms with van der Waals surface area (Å²) in [6, 6.07) is 11.4. The van der Waals surface area contributed by atoms with E-state index in [0.29, 0.717) is 29.8 Å². The van der Waals surface area contributed by atoms with Crippen LogP contribution in [0.2, 0.25) is 0 Å². The predicted molar refractivity (Wildman–Crippen MR) is 118 cm³/mol. The average Bonchev–Trinajstić information content (AvgIpc) is 2.77. The zero-order valence-electron chi connectivity index (χ0n) is 18.1. The second kappa shape index (κ2) is 8.65. The maximum Gasteiger partial charge on any atom is 0.573 e. The van der Waals surface area contributed by atoms with E-state index in [4.69, 9.17) is 0 Å². The molecule has 10 heteroatoms. The molecule has 0 unspecified atom stereocenters. The lowest BCUT2D eigenvalue weighted by atomic mass is 9.91. The Kier molecular flexibility index (Phi) is 5.89. The maximum absolute atomic E-state index is 12.5. The van der Waals surface area contributed by atoms with Crippen LogP contribution in [0.3, 0.4) is 0 Å². The molecule has 7 nitrogen and oxygen atoms in total. The van der Waals surface area contributed by atoms with E-state index in [9.17, 15) is 23.2 Å². The molecule has 1 saturated heterocycles. The van der Waals surface area contributed by atoms with Crippen LogP contribution in [0.25, 0.3) is 11.0 Å². The number of rotatable bonds is 4. The fraction of sp³-hybridized carbons (Fsp3) is 0.348. The summed E-state index contributed by atoms with van der Waals surface area (Å²) in [5, 5.41) is 9.62. The Balaban J connectivity index is 1.55. The number of nitrogens with one attached hydrogen (secondary N) is 1. The Morgan fingerprint density at radius 3 is 2.64 bits per heavy atom. The van der Waals surface area contributed by atoms with Gasteiger partial charge in [0, 0.05) is 38.1 Å². The normalized spacial score (nSPS) is 18.7. The van der Waals surface area contributed by atoms with Crippen LogP contribution in [-0.2, 0) is 0 Å². The highest BCUT2D eigenvalue weighted by Gasteiger charge is 2.33. The molecule has 4 rings (SSSR count). The zero-order chi connectivity index (χ0) is 23.8. The molecule has 33 heavy (non-hydrogen) atoms. The van der Waals surface area contributed by atoms with Crippen LogP contribution in [0.15, 0.2) is 47.4 Å². The van der Waals surface area contributed by atoms with E-state index in [0.717, 1.165) is 12.1 Å². The highest BCUT2D eigenvalue weighted by molar-refractivity contribution is 5.91. The van der Waals surface area contributed by atoms with E-state index in [1.807, 2.05) is 22.9 Å². The van der Waals surface area contributed by atoms with Crippen LogP contribution in [0.1, 0.15) is 18.9 Å². The first-order chi connectivity index (χ1) is 15.7. The number of piperidine rings is 1. The molecular weight excluding hydrogens is 435 g/mol. The van der Waals surface area contributed by atoms with Gasteiger partial charge >= 0.3 is 6.36 Å². The quantitative estimate of drug-likeness (QED) is 0.637. The van der Waals surface area contributed by atoms with Crippen LogP contribution in [0.5, 0.6) is 5.75 Å². The number of hydrogen-bond donors (Lipinski definition) is 1. The summed E-state index contributed by atoms with van der Waals surface area (Å²) in [6.45, 7) is 3.26. The van der Waals surface area contributed by atoms with Crippen molar-refractivity contribution in [1.82, 2.24) is 9.97 Å². The smallest absolute Gasteiger partial charge is 0.406 e. The molecule has 0 aliphatic carbocycles. The molecule has 0 bridgehead atoms. The Bertz CT molecular complexity index is 1250. The summed E-state index contributed by atoms with van der Waals surface area (Å²) >= 11 is 0. The lowest BCUT2D eigenvalue weighted by Gasteiger charge is -2.43. The molecule has 2 atom stereocenters. The van der Waals surface area contributed by atoms with Crippen molar-refractivity contribution in [3.05, 3.63) is 58.5 Å². The number of ether oxygens (including phenoxy) is 1. The Hall–Kier alpha value is -3.74. The third-order valence-corrected chi connectivity index (χ3v) is 6.01. The van der Waals surface area contributed by atoms with Crippen LogP contribution < -0.4 is 20.1 Å². The summed E-state index contributed by atoms with van der Waals surface area (Å²) in [7, 11) is 1.90. The highest BCUT2D eigenvalue weighted by atomic mass is 19.4. The van der Waals surface area contributed by atoms with Crippen LogP contribution in [0, 0.1) is 17.2 Å². The van der Waals surface area contributed by atoms with Gasteiger partial charge in [0.1, 0.15) is 22.9 Å². The largest absolute Gasteiger partial charge is 0.573 e. The van der Waals surface area contributed by atoms with Crippen molar-refractivity contribution in [2.24, 2.45) is 5.92 Å². The summed E-state index contributed by atoms with van der Waals surface area (Å²) < 4.78 is 41.2. The lowest BCUT2D eigenvalue weighted by molar-refractivity contribution is -0.274. The van der Waals surface area contributed by atoms with Crippen molar-refractivity contribution >= 4 is 22.4 Å². The van der Waals surface area contributed by atoms with E-state index in [1.54, 1.807) is 30.5 Å². The van der Waals surface area contributed by atoms with Crippen LogP contribution in [0.4, 0.5) is 24.5 Å². The first-order valence-electron chi connectivity index (χ1n) is 10.4. The van der Waals surface area contributed by atoms with E-state index in [1.165, 1.54) is 12.1 Å². The lowest BCUT2D eigenvalue weighted by Crippen LogP contribution is -2.49. The first-order valence-corrected chi connectivity index (χ1v) is 10.4. The number of pyridine rings is 2. The summed E-state index contributed by atoms with van der Waals surface area (Å²) in [6.07, 6.45) is -2.37. The minimum Gasteiger partial charge on any atom is -0.406 e. The van der Waals surface area contributed by atoms with Gasteiger partial charge in [0.15, 0.2) is 0 Å². The Morgan fingerprint density at radius 2 is 2.00 bits per heavy atom. The van der Waals surface area contributed by atoms with Crippen molar-refractivity contribution < 1.29 is 17.9 Å². The SMILES string of the molecule is C[C@H]1CN(c2c(C#N)c(=O)[nH]c3cccnc23)CC[C@H]1N(C)c1ccc(OC(F)(F)F)cc1. The van der Waals surface area contributed by atoms with E-state index >= 15 is 0 Å². The standard InChI is InChI=1S/C23H22F3N5O2/c1-14-13-31(21-17(12-27)22(32)29-18-4-3-10-28-20(18)21)11-9-19(14)30(2)15-5-7-16(8-6-15)33-23(24,25)26/h3-8,10,14,19H,9,11,13H2,1-2H3,(H,29,32)/t14-,19+/m0/s1. The predicted octanol–water partition coefficient (Wildman–Crippen LogP) is 4.04. The molecule has 0 spiro atoms. The van der Waals surface area contributed by atoms with E-state index in [-0.39, 0.29) is 23.3 Å². The zero-order valence-corrected chi connectivity index (χ0v) is 18.1. The molecule has 1 aromatic carbocycles. The molecule has 172 valence electrons. The van der Waals surface area contributed by atoms with Gasteiger partial charge in [-0.1, -0.05) is 6.92 Å². The number of aromatic amines is 1. The minimum absolute atomic E-state index is 0.0421. The minimum atomic E-state index is -4.73. The third kappa shape index (κ3) is 4.58. The molecule has 3 aromatic rings. The van der Waals surface area contributed by atoms with Gasteiger partial charge in [-0.05, 0) is 48.7 Å². The van der Waals surface area contributed by atoms with Gasteiger partial charge in [-0.15, -0.1) is 13.2 Å². The van der Waals surface area contributed by atoms with Crippen molar-refractivity contribution in [3.8, 4) is 11.8 Å². The molecule has 0 radical (unpaired) electrons. The second-order valence-electron chi connectivity index (χ2n) is 8.12. The third-order valence-electron chi connectivity index (χ3n) is 6.01. The number of H-pyrrole nitrogens is 1. The number of benzene rings is 1. The average molecular weight is 457 g/mol. The Morgan fingerprint density at radius 1 is 1.27 bits per heavy atom. The van der Waals surface area contributed by atoms with Gasteiger partial charge in [0.2, 0.25) is 0 Å². The van der Waals surface area contributed by atoms with E-state index < -0.39 is 11.9 Å². The number of halogens is 3. The van der Waals surface area contributed by atoms with Gasteiger partial charge in [0.25, 0.3) is 5.56 Å². The van der Waals surface area contributed by atoms with Crippen molar-refractivity contribution in [2.75, 3.05) is 29.9 Å². The van der Waals surface area contributed by atoms with Gasteiger partial charge in [0.05, 0.1) is 11.2 Å². The molecule has 0 saturated carbocycles. The summed E-state index contributed by atoms with van der Waals surface area (Å²) in [5.74, 6) is -0.125. The molecule has 3 heterocycles. The fourth-order valence-electron chi connectivity index (χ4n) is 4.50. The number of nitrogens with zero attached hydrogens (tertiary/aromatic N) is 4. The van der Waals surface area contributed by atoms with E-state index in [2.05, 4.69) is 21.6 Å². The fourth-order valence-corrected chi connectivity index (χ4v) is 4.50. The molecule has 0 amide bonds. The number of alkyl halides is 3. The van der Waals surface area contributed by atoms with Gasteiger partial charge in [-0.2, -0.15) is 5.26 Å². The maximum atomic E-state index is 12.5. The van der Waals surface area contributed by atoms with Crippen molar-refractivity contribution in [1.29, 1.82) is 5.26 Å². The highest BCUT2D eigenvalue weighted by Crippen LogP contribution is 2.33. The van der Waals surface area contributed by atoms with Crippen LogP contribution in [-0.4, -0.2) is 42.5 Å². The van der Waals surface area contributed by atoms with Crippen molar-refractivity contribution in [3.63, 3.8) is 0 Å². The molecule has 2 aromatic heterocycles. The van der Waals surface area contributed by atoms with Gasteiger partial charge < -0.3 is 19.5 Å². The molecule has 1 aliphatic heterocycles. The van der Waals surface area contributed by atoms with Crippen molar-refractivity contribution in [2.45, 2.75) is 25.7 Å². The second-order valence-corrected chi connectivity index (χ2v) is 8.12. The van der Waals surface area contributed by atoms with Gasteiger partial charge in [-0.3, -0.25) is 9.78 Å². The number of hydrogen-bond acceptors (Lipinski definition) is 6. The summed E-state index contributed by atoms with van der Waals surface area (Å²) in [4.78, 5) is 23.6. The summed E-state index contributed by atoms with van der Waals surface area (Å²) in [5.41, 5.74) is 2.06. The number of fused-ring (bicyclic) bond motifs is 1. The molecule has 1 N–H and O–H groups in total. The molecular formula is C23H22F3N5O2. The molecule has 1 fully saturated rings. The topological polar surface area (TPSA) is 85.2 Å². The molecule has 1 aliphatic rings. The Labute approximate surface area is 188 Å². The van der Waals surface area contributed by atoms with Gasteiger partial charge in [-0.25, -0.2) is 0 Å². The number of nitriles is 1. The number of anilines is 2. The van der Waals surface area contributed by atoms with Crippen LogP contribution >= 0.6 is 0 Å². The monoisotopic (exact) mass is 457 g/mol. The number of aromatic nitrogens is 2.